The van der Waals surface area contributed by atoms with E-state index in [0.717, 1.165) is 0 Å². The van der Waals surface area contributed by atoms with Gasteiger partial charge in [0, 0.05) is 43.3 Å². The molecule has 0 spiro atoms. The number of nitrogens with zero attached hydrogens (tertiary/aromatic N) is 1. The molecule has 0 saturated carbocycles. The van der Waals surface area contributed by atoms with E-state index in [9.17, 15) is 0 Å². The molecular weight excluding hydrogens is 576 g/mol. The second kappa shape index (κ2) is 11.3. The van der Waals surface area contributed by atoms with Crippen LogP contribution in [0.15, 0.2) is 78.9 Å². The Bertz CT molecular complexity index is 1240. The molecule has 1 aromatic heterocycles. The molecule has 0 fully saturated rings. The van der Waals surface area contributed by atoms with Crippen LogP contribution in [-0.2, 0) is 38.7 Å². The van der Waals surface area contributed by atoms with Crippen molar-refractivity contribution in [1.29, 1.82) is 0 Å². The van der Waals surface area contributed by atoms with Gasteiger partial charge < -0.3 is 4.57 Å². The number of halogens is 1. The van der Waals surface area contributed by atoms with Crippen molar-refractivity contribution in [3.05, 3.63) is 101 Å². The van der Waals surface area contributed by atoms with Crippen LogP contribution in [0.5, 0.6) is 0 Å². The van der Waals surface area contributed by atoms with Crippen molar-refractivity contribution in [2.75, 3.05) is 6.38 Å². The zero-order chi connectivity index (χ0) is 21.8. The first kappa shape index (κ1) is 24.7. The first-order chi connectivity index (χ1) is 15.2. The van der Waals surface area contributed by atoms with Crippen LogP contribution in [0.4, 0.5) is 0 Å². The number of aryl methyl sites for hydroxylation is 3. The molecule has 0 saturated heterocycles. The number of hydrogen-bond acceptors (Lipinski definition) is 0. The molecule has 1 heterocycles. The molecule has 6 rings (SSSR count). The van der Waals surface area contributed by atoms with Crippen molar-refractivity contribution in [3.63, 3.8) is 0 Å². The summed E-state index contributed by atoms with van der Waals surface area (Å²) in [6.45, 7) is 4.24. The fraction of sp³-hybridized carbons (Fsp3) is 0.241. The molecular formula is C29H30ClHfN-2. The van der Waals surface area contributed by atoms with Gasteiger partial charge in [-0.25, -0.2) is 12.1 Å². The van der Waals surface area contributed by atoms with Gasteiger partial charge in [0.25, 0.3) is 0 Å². The van der Waals surface area contributed by atoms with Crippen molar-refractivity contribution in [2.24, 2.45) is 0 Å². The molecule has 0 bridgehead atoms. The van der Waals surface area contributed by atoms with Gasteiger partial charge in [0.1, 0.15) is 0 Å². The summed E-state index contributed by atoms with van der Waals surface area (Å²) < 4.78 is 2.50. The zero-order valence-electron chi connectivity index (χ0n) is 19.2. The van der Waals surface area contributed by atoms with Crippen molar-refractivity contribution in [1.82, 2.24) is 4.57 Å². The van der Waals surface area contributed by atoms with E-state index in [1.54, 1.807) is 5.56 Å². The second-order valence-electron chi connectivity index (χ2n) is 8.22. The van der Waals surface area contributed by atoms with Gasteiger partial charge in [-0.3, -0.25) is 0 Å². The predicted molar refractivity (Wildman–Crippen MR) is 136 cm³/mol. The molecule has 1 aliphatic carbocycles. The Kier molecular flexibility index (Phi) is 8.73. The molecule has 5 aromatic rings. The SMILES string of the molecule is CCl.Cc1ccc[c-]1C.[Hf].c1ccc2[cH-]c(-n3c4c(c5ccccc53)CCCC4)cc2c1. The maximum atomic E-state index is 4.64. The van der Waals surface area contributed by atoms with Crippen molar-refractivity contribution in [3.8, 4) is 5.69 Å². The van der Waals surface area contributed by atoms with Crippen molar-refractivity contribution >= 4 is 33.3 Å². The zero-order valence-corrected chi connectivity index (χ0v) is 23.5. The Balaban J connectivity index is 0.000000248. The summed E-state index contributed by atoms with van der Waals surface area (Å²) in [4.78, 5) is 0. The monoisotopic (exact) mass is 607 g/mol. The minimum atomic E-state index is 0. The largest absolute Gasteiger partial charge is 0.332 e. The van der Waals surface area contributed by atoms with Gasteiger partial charge in [-0.2, -0.15) is 17.2 Å². The standard InChI is InChI=1S/C21H18N.C7H9.CH3Cl.Hf/c1-2-8-16-14-17(13-15(16)7-1)22-20-11-5-3-9-18(20)19-10-4-6-12-21(19)22;1-6-4-3-5-7(6)2;1-2;/h1-3,5,7-9,11,13-14H,4,6,10,12H2;3-5H,1-2H3;1H3;/q2*-1;;. The van der Waals surface area contributed by atoms with Crippen molar-refractivity contribution < 1.29 is 25.8 Å². The Hall–Kier alpha value is -1.90. The Morgan fingerprint density at radius 3 is 2.31 bits per heavy atom. The molecule has 164 valence electrons. The first-order valence-corrected chi connectivity index (χ1v) is 11.8. The van der Waals surface area contributed by atoms with Gasteiger partial charge in [0.2, 0.25) is 0 Å². The number of rotatable bonds is 1. The van der Waals surface area contributed by atoms with Crippen LogP contribution >= 0.6 is 11.6 Å². The predicted octanol–water partition coefficient (Wildman–Crippen LogP) is 8.26. The van der Waals surface area contributed by atoms with E-state index in [1.807, 2.05) is 0 Å². The van der Waals surface area contributed by atoms with Crippen LogP contribution in [0.3, 0.4) is 0 Å². The molecule has 0 radical (unpaired) electrons. The fourth-order valence-electron chi connectivity index (χ4n) is 4.65. The van der Waals surface area contributed by atoms with Gasteiger partial charge in [-0.1, -0.05) is 38.1 Å². The minimum Gasteiger partial charge on any atom is -0.332 e. The van der Waals surface area contributed by atoms with Gasteiger partial charge in [-0.15, -0.1) is 52.7 Å². The van der Waals surface area contributed by atoms with Crippen molar-refractivity contribution in [2.45, 2.75) is 39.5 Å². The third-order valence-electron chi connectivity index (χ3n) is 6.35. The summed E-state index contributed by atoms with van der Waals surface area (Å²) in [7, 11) is 0. The van der Waals surface area contributed by atoms with Crippen LogP contribution in [0, 0.1) is 13.8 Å². The molecule has 0 amide bonds. The van der Waals surface area contributed by atoms with Gasteiger partial charge in [0.15, 0.2) is 0 Å². The summed E-state index contributed by atoms with van der Waals surface area (Å²) in [6, 6.07) is 28.5. The third-order valence-corrected chi connectivity index (χ3v) is 6.35. The van der Waals surface area contributed by atoms with Crippen LogP contribution in [0.1, 0.15) is 35.2 Å². The van der Waals surface area contributed by atoms with E-state index in [4.69, 9.17) is 0 Å². The smallest absolute Gasteiger partial charge is 0.0516 e. The maximum Gasteiger partial charge on any atom is 0.0516 e. The van der Waals surface area contributed by atoms with Crippen LogP contribution < -0.4 is 0 Å². The molecule has 1 aliphatic rings. The fourth-order valence-corrected chi connectivity index (χ4v) is 4.65. The number of aromatic nitrogens is 1. The molecule has 0 N–H and O–H groups in total. The number of fused-ring (bicyclic) bond motifs is 4. The number of alkyl halides is 1. The van der Waals surface area contributed by atoms with Crippen LogP contribution in [-0.4, -0.2) is 11.0 Å². The number of para-hydroxylation sites is 1. The van der Waals surface area contributed by atoms with Gasteiger partial charge >= 0.3 is 0 Å². The average Bonchev–Trinajstić information content (AvgIpc) is 3.50. The summed E-state index contributed by atoms with van der Waals surface area (Å²) in [5.41, 5.74) is 8.57. The summed E-state index contributed by atoms with van der Waals surface area (Å²) in [5, 5.41) is 4.11. The molecule has 0 atom stereocenters. The van der Waals surface area contributed by atoms with Crippen LogP contribution in [0.25, 0.3) is 27.4 Å². The molecule has 32 heavy (non-hydrogen) atoms. The molecule has 1 nitrogen and oxygen atoms in total. The third kappa shape index (κ3) is 4.87. The summed E-state index contributed by atoms with van der Waals surface area (Å²) in [6.07, 6.45) is 6.53. The van der Waals surface area contributed by atoms with Crippen LogP contribution in [0.2, 0.25) is 0 Å². The molecule has 4 aromatic carbocycles. The Morgan fingerprint density at radius 2 is 1.62 bits per heavy atom. The van der Waals surface area contributed by atoms with E-state index >= 15 is 0 Å². The van der Waals surface area contributed by atoms with E-state index in [2.05, 4.69) is 109 Å². The topological polar surface area (TPSA) is 4.93 Å². The second-order valence-corrected chi connectivity index (χ2v) is 8.22. The number of hydrogen-bond donors (Lipinski definition) is 0. The molecule has 0 aliphatic heterocycles. The summed E-state index contributed by atoms with van der Waals surface area (Å²) >= 11 is 4.64. The molecule has 3 heteroatoms. The molecule has 0 unspecified atom stereocenters. The average molecular weight is 607 g/mol. The summed E-state index contributed by atoms with van der Waals surface area (Å²) in [5.74, 6) is 0. The number of benzene rings is 2. The quantitative estimate of drug-likeness (QED) is 0.103. The van der Waals surface area contributed by atoms with Gasteiger partial charge in [0.05, 0.1) is 5.52 Å². The first-order valence-electron chi connectivity index (χ1n) is 11.1. The van der Waals surface area contributed by atoms with E-state index in [1.165, 1.54) is 76.2 Å². The maximum absolute atomic E-state index is 4.64. The van der Waals surface area contributed by atoms with E-state index in [-0.39, 0.29) is 25.8 Å². The van der Waals surface area contributed by atoms with Gasteiger partial charge in [-0.05, 0) is 43.0 Å². The Labute approximate surface area is 215 Å². The van der Waals surface area contributed by atoms with E-state index < -0.39 is 0 Å². The minimum absolute atomic E-state index is 0. The van der Waals surface area contributed by atoms with E-state index in [0.29, 0.717) is 0 Å². The normalized spacial score (nSPS) is 12.2. The Morgan fingerprint density at radius 1 is 0.906 bits per heavy atom.